The summed E-state index contributed by atoms with van der Waals surface area (Å²) in [6.45, 7) is 42.2. The highest BCUT2D eigenvalue weighted by Gasteiger charge is 2.29. The normalized spacial score (nSPS) is 11.6. The molecule has 0 N–H and O–H groups in total. The van der Waals surface area contributed by atoms with Gasteiger partial charge in [-0.25, -0.2) is 47.8 Å². The van der Waals surface area contributed by atoms with Crippen LogP contribution in [-0.4, -0.2) is 24.9 Å². The maximum absolute atomic E-state index is 6.28. The average Bonchev–Trinajstić information content (AvgIpc) is 1.62. The number of nitrogens with zero attached hydrogens (tertiary/aromatic N) is 10. The van der Waals surface area contributed by atoms with Gasteiger partial charge in [0, 0.05) is 141 Å². The third kappa shape index (κ3) is 15.1. The van der Waals surface area contributed by atoms with Crippen LogP contribution < -0.4 is 22.8 Å². The van der Waals surface area contributed by atoms with Crippen LogP contribution in [0.15, 0.2) is 211 Å². The monoisotopic (exact) mass is 1600 g/mol. The van der Waals surface area contributed by atoms with E-state index in [2.05, 4.69) is 345 Å². The van der Waals surface area contributed by atoms with Gasteiger partial charge in [0.05, 0.1) is 27.8 Å². The number of benzene rings is 5. The van der Waals surface area contributed by atoms with E-state index in [-0.39, 0.29) is 0 Å². The average molecular weight is 1600 g/mol. The molecule has 15 nitrogen and oxygen atoms in total. The molecule has 606 valence electrons. The molecule has 0 saturated carbocycles. The van der Waals surface area contributed by atoms with Crippen LogP contribution in [0.5, 0.6) is 0 Å². The summed E-state index contributed by atoms with van der Waals surface area (Å²) in [6.07, 6.45) is 10.8. The van der Waals surface area contributed by atoms with Crippen molar-refractivity contribution in [2.45, 2.75) is 144 Å². The molecule has 20 aromatic rings. The van der Waals surface area contributed by atoms with Crippen LogP contribution in [-0.2, 0) is 35.2 Å². The molecule has 0 saturated heterocycles. The molecule has 0 fully saturated rings. The van der Waals surface area contributed by atoms with Crippen molar-refractivity contribution in [2.75, 3.05) is 0 Å². The number of aryl methyl sites for hydroxylation is 23. The second-order valence-corrected chi connectivity index (χ2v) is 33.9. The van der Waals surface area contributed by atoms with Gasteiger partial charge in [-0.05, 0) is 259 Å². The topological polar surface area (TPSA) is 150 Å². The van der Waals surface area contributed by atoms with Gasteiger partial charge in [0.25, 0.3) is 0 Å². The van der Waals surface area contributed by atoms with Gasteiger partial charge < -0.3 is 22.1 Å². The summed E-state index contributed by atoms with van der Waals surface area (Å²) in [5.74, 6) is 0.486. The second-order valence-electron chi connectivity index (χ2n) is 33.9. The molecule has 0 unspecified atom stereocenters. The van der Waals surface area contributed by atoms with Crippen LogP contribution in [0.4, 0.5) is 0 Å². The molecule has 20 rings (SSSR count). The van der Waals surface area contributed by atoms with Gasteiger partial charge in [-0.15, -0.1) is 0 Å². The van der Waals surface area contributed by atoms with Crippen LogP contribution in [0.1, 0.15) is 126 Å². The van der Waals surface area contributed by atoms with Crippen molar-refractivity contribution in [1.82, 2.24) is 24.9 Å². The summed E-state index contributed by atoms with van der Waals surface area (Å²) in [7, 11) is 10.4. The van der Waals surface area contributed by atoms with Gasteiger partial charge in [0.2, 0.25) is 57.0 Å². The maximum atomic E-state index is 6.28. The quantitative estimate of drug-likeness (QED) is 0.147. The van der Waals surface area contributed by atoms with Crippen LogP contribution in [0.3, 0.4) is 0 Å². The van der Waals surface area contributed by atoms with Gasteiger partial charge in [-0.3, -0.25) is 0 Å². The molecule has 0 aliphatic carbocycles. The zero-order valence-corrected chi connectivity index (χ0v) is 74.5. The van der Waals surface area contributed by atoms with E-state index in [0.717, 1.165) is 156 Å². The fourth-order valence-electron chi connectivity index (χ4n) is 17.4. The van der Waals surface area contributed by atoms with E-state index in [4.69, 9.17) is 22.1 Å². The second kappa shape index (κ2) is 32.0. The summed E-state index contributed by atoms with van der Waals surface area (Å²) < 4.78 is 42.0. The van der Waals surface area contributed by atoms with E-state index in [1.54, 1.807) is 0 Å². The number of rotatable bonds is 6. The van der Waals surface area contributed by atoms with Gasteiger partial charge >= 0.3 is 0 Å². The van der Waals surface area contributed by atoms with Crippen molar-refractivity contribution in [3.8, 4) is 56.3 Å². The molecule has 0 aliphatic heterocycles. The number of hydrogen-bond donors (Lipinski definition) is 0. The standard InChI is InChI=1S/2C22H23N2O.2C21H21N2O.C20H19N2O/c1-12-10-18(24(6)11-15(12)4)20-14(3)9-13(2)19-17-8-7-16(5)23-22(17)25-21(19)20;1-13(2)16-10-11-24(5)19(12-16)20-14(3)6-8-17-18-9-7-15(4)23-22(18)25-21(17)20;1-12-6-9-17(23(5)11-12)19-14(3)10-13(2)18-16-8-7-15(4)22-21(16)24-20(18)19;1-12-6-8-16-17-9-7-15(4)22-21(17)24-20(16)19(12)18-10-13(2)14(3)11-23(18)5;1-12-5-10-17(22(4)11-12)18-13(2)6-8-15-16-9-7-14(3)21-20(16)23-19(15)18/h7-11H,1-6H3;6-13H,1-5H3;2*6-11H,1-5H3;5-11H,1-4H3/q5*+1. The maximum Gasteiger partial charge on any atom is 0.227 e. The van der Waals surface area contributed by atoms with E-state index in [0.29, 0.717) is 23.1 Å². The number of aromatic nitrogens is 10. The number of furan rings is 5. The number of fused-ring (bicyclic) bond motifs is 15. The Morgan fingerprint density at radius 3 is 0.868 bits per heavy atom. The summed E-state index contributed by atoms with van der Waals surface area (Å²) in [5, 5.41) is 11.1. The molecule has 0 atom stereocenters. The smallest absolute Gasteiger partial charge is 0.227 e. The van der Waals surface area contributed by atoms with Gasteiger partial charge in [-0.1, -0.05) is 62.4 Å². The molecule has 0 radical (unpaired) electrons. The van der Waals surface area contributed by atoms with Gasteiger partial charge in [0.15, 0.2) is 58.9 Å². The Morgan fingerprint density at radius 2 is 0.521 bits per heavy atom. The molecular formula is C106H107N10O5+5. The molecule has 5 aromatic carbocycles. The Kier molecular flexibility index (Phi) is 21.5. The van der Waals surface area contributed by atoms with E-state index >= 15 is 0 Å². The number of hydrogen-bond acceptors (Lipinski definition) is 10. The van der Waals surface area contributed by atoms with Gasteiger partial charge in [-0.2, -0.15) is 0 Å². The molecule has 15 heteroatoms. The Hall–Kier alpha value is -13.4. The van der Waals surface area contributed by atoms with E-state index in [1.165, 1.54) is 100 Å². The van der Waals surface area contributed by atoms with Gasteiger partial charge in [0.1, 0.15) is 35.2 Å². The molecule has 0 amide bonds. The Bertz CT molecular complexity index is 7610. The first-order chi connectivity index (χ1) is 57.8. The Balaban J connectivity index is 0.000000112. The summed E-state index contributed by atoms with van der Waals surface area (Å²) in [5.41, 5.74) is 42.0. The molecule has 15 aromatic heterocycles. The summed E-state index contributed by atoms with van der Waals surface area (Å²) in [6, 6.07) is 55.7. The van der Waals surface area contributed by atoms with E-state index in [1.807, 2.05) is 65.0 Å². The number of pyridine rings is 10. The minimum Gasteiger partial charge on any atom is -0.437 e. The minimum atomic E-state index is 0.486. The highest BCUT2D eigenvalue weighted by molar-refractivity contribution is 6.14. The molecule has 15 heterocycles. The fourth-order valence-corrected chi connectivity index (χ4v) is 17.4. The lowest BCUT2D eigenvalue weighted by molar-refractivity contribution is -0.660. The third-order valence-electron chi connectivity index (χ3n) is 24.0. The Morgan fingerprint density at radius 1 is 0.231 bits per heavy atom. The lowest BCUT2D eigenvalue weighted by atomic mass is 9.96. The predicted molar refractivity (Wildman–Crippen MR) is 490 cm³/mol. The SMILES string of the molecule is Cc1ccc(-c2c(C)cc(C)c3c2oc2nc(C)ccc23)[n+](C)c1.Cc1ccc(-c2c(C)ccc3c2oc2nc(C)ccc23)[n+](C)c1.Cc1ccc2c(n1)oc1c(-c3cc(C(C)C)cc[n+]3C)c(C)ccc12.Cc1ccc2c(n1)oc1c(-c3cc(C)c(C)c[n+]3C)c(C)cc(C)c12.Cc1ccc2c(n1)oc1c(-c3cc(C)c(C)c[n+]3C)c(C)ccc12. The largest absolute Gasteiger partial charge is 0.437 e. The highest BCUT2D eigenvalue weighted by Crippen LogP contribution is 2.44. The zero-order valence-electron chi connectivity index (χ0n) is 74.5. The summed E-state index contributed by atoms with van der Waals surface area (Å²) in [4.78, 5) is 22.9. The minimum absolute atomic E-state index is 0.486. The van der Waals surface area contributed by atoms with Crippen molar-refractivity contribution in [2.24, 2.45) is 35.2 Å². The highest BCUT2D eigenvalue weighted by atomic mass is 16.4. The van der Waals surface area contributed by atoms with E-state index < -0.39 is 0 Å². The zero-order chi connectivity index (χ0) is 85.7. The molecular weight excluding hydrogens is 1490 g/mol. The van der Waals surface area contributed by atoms with Crippen LogP contribution >= 0.6 is 0 Å². The first-order valence-corrected chi connectivity index (χ1v) is 41.6. The van der Waals surface area contributed by atoms with Crippen molar-refractivity contribution in [3.05, 3.63) is 295 Å². The first kappa shape index (κ1) is 81.3. The fraction of sp³-hybridized carbons (Fsp3) is 0.245. The van der Waals surface area contributed by atoms with Crippen molar-refractivity contribution in [3.63, 3.8) is 0 Å². The van der Waals surface area contributed by atoms with Crippen LogP contribution in [0.25, 0.3) is 167 Å². The van der Waals surface area contributed by atoms with E-state index in [9.17, 15) is 0 Å². The molecule has 0 bridgehead atoms. The molecule has 0 aliphatic rings. The van der Waals surface area contributed by atoms with Crippen LogP contribution in [0.2, 0.25) is 0 Å². The third-order valence-corrected chi connectivity index (χ3v) is 24.0. The molecule has 121 heavy (non-hydrogen) atoms. The lowest BCUT2D eigenvalue weighted by Crippen LogP contribution is -2.31. The summed E-state index contributed by atoms with van der Waals surface area (Å²) >= 11 is 0. The van der Waals surface area contributed by atoms with Crippen LogP contribution in [0, 0.1) is 125 Å². The predicted octanol–water partition coefficient (Wildman–Crippen LogP) is 24.0. The lowest BCUT2D eigenvalue weighted by Gasteiger charge is -2.09. The van der Waals surface area contributed by atoms with Crippen molar-refractivity contribution >= 4 is 110 Å². The Labute approximate surface area is 706 Å². The first-order valence-electron chi connectivity index (χ1n) is 41.6. The van der Waals surface area contributed by atoms with Crippen molar-refractivity contribution in [1.29, 1.82) is 0 Å². The van der Waals surface area contributed by atoms with Crippen molar-refractivity contribution < 1.29 is 44.9 Å². The molecule has 0 spiro atoms.